The molecule has 3 rings (SSSR count). The summed E-state index contributed by atoms with van der Waals surface area (Å²) in [5, 5.41) is 19.8. The molecule has 34 heavy (non-hydrogen) atoms. The van der Waals surface area contributed by atoms with Gasteiger partial charge in [0.1, 0.15) is 5.69 Å². The number of nitro groups is 1. The van der Waals surface area contributed by atoms with Gasteiger partial charge in [0.25, 0.3) is 5.69 Å². The molecule has 2 fully saturated rings. The summed E-state index contributed by atoms with van der Waals surface area (Å²) in [6, 6.07) is 2.33. The predicted molar refractivity (Wildman–Crippen MR) is 119 cm³/mol. The second-order valence-electron chi connectivity index (χ2n) is 8.78. The van der Waals surface area contributed by atoms with E-state index >= 15 is 0 Å². The fraction of sp³-hybridized carbons (Fsp3) is 0.636. The van der Waals surface area contributed by atoms with Crippen molar-refractivity contribution in [3.05, 3.63) is 33.9 Å². The van der Waals surface area contributed by atoms with Crippen molar-refractivity contribution < 1.29 is 27.7 Å². The second kappa shape index (κ2) is 11.4. The SMILES string of the molecule is O=C(CCNc1ccc(C(F)(F)F)cc1[N+](=O)[O-])NC1CCN(C(=O)NC2CCCCC2)CC1. The number of alkyl halides is 3. The smallest absolute Gasteiger partial charge is 0.379 e. The largest absolute Gasteiger partial charge is 0.416 e. The minimum absolute atomic E-state index is 0.000553. The lowest BCUT2D eigenvalue weighted by atomic mass is 9.95. The third-order valence-electron chi connectivity index (χ3n) is 6.27. The average Bonchev–Trinajstić information content (AvgIpc) is 2.79. The van der Waals surface area contributed by atoms with Crippen LogP contribution >= 0.6 is 0 Å². The van der Waals surface area contributed by atoms with E-state index in [9.17, 15) is 32.9 Å². The van der Waals surface area contributed by atoms with Gasteiger partial charge in [-0.1, -0.05) is 19.3 Å². The summed E-state index contributed by atoms with van der Waals surface area (Å²) in [4.78, 5) is 36.7. The Labute approximate surface area is 195 Å². The van der Waals surface area contributed by atoms with Crippen LogP contribution in [0.4, 0.5) is 29.3 Å². The highest BCUT2D eigenvalue weighted by Gasteiger charge is 2.33. The molecule has 1 aliphatic carbocycles. The molecule has 1 saturated carbocycles. The quantitative estimate of drug-likeness (QED) is 0.398. The van der Waals surface area contributed by atoms with Crippen molar-refractivity contribution in [2.75, 3.05) is 25.0 Å². The number of carbonyl (C=O) groups excluding carboxylic acids is 2. The third-order valence-corrected chi connectivity index (χ3v) is 6.27. The van der Waals surface area contributed by atoms with Crippen LogP contribution in [0.5, 0.6) is 0 Å². The minimum Gasteiger partial charge on any atom is -0.379 e. The van der Waals surface area contributed by atoms with Crippen molar-refractivity contribution >= 4 is 23.3 Å². The van der Waals surface area contributed by atoms with E-state index in [1.807, 2.05) is 0 Å². The monoisotopic (exact) mass is 485 g/mol. The maximum atomic E-state index is 12.8. The molecule has 2 aliphatic rings. The van der Waals surface area contributed by atoms with Crippen LogP contribution in [0.2, 0.25) is 0 Å². The summed E-state index contributed by atoms with van der Waals surface area (Å²) in [6.45, 7) is 1.11. The molecule has 3 amide bonds. The predicted octanol–water partition coefficient (Wildman–Crippen LogP) is 4.04. The van der Waals surface area contributed by atoms with Crippen molar-refractivity contribution in [1.29, 1.82) is 0 Å². The number of likely N-dealkylation sites (tertiary alicyclic amines) is 1. The van der Waals surface area contributed by atoms with Crippen LogP contribution in [-0.4, -0.2) is 53.5 Å². The van der Waals surface area contributed by atoms with E-state index in [1.165, 1.54) is 6.42 Å². The van der Waals surface area contributed by atoms with Gasteiger partial charge in [0.2, 0.25) is 5.91 Å². The maximum Gasteiger partial charge on any atom is 0.416 e. The maximum absolute atomic E-state index is 12.8. The van der Waals surface area contributed by atoms with Gasteiger partial charge in [0.15, 0.2) is 0 Å². The van der Waals surface area contributed by atoms with Gasteiger partial charge in [-0.3, -0.25) is 14.9 Å². The van der Waals surface area contributed by atoms with Gasteiger partial charge in [-0.05, 0) is 37.8 Å². The van der Waals surface area contributed by atoms with Gasteiger partial charge in [0.05, 0.1) is 10.5 Å². The first-order valence-electron chi connectivity index (χ1n) is 11.6. The molecule has 0 aromatic heterocycles. The highest BCUT2D eigenvalue weighted by atomic mass is 19.4. The molecule has 9 nitrogen and oxygen atoms in total. The highest BCUT2D eigenvalue weighted by Crippen LogP contribution is 2.34. The van der Waals surface area contributed by atoms with Crippen LogP contribution in [-0.2, 0) is 11.0 Å². The number of benzene rings is 1. The number of nitrogens with one attached hydrogen (secondary N) is 3. The van der Waals surface area contributed by atoms with Crippen LogP contribution in [0.1, 0.15) is 56.9 Å². The molecule has 1 heterocycles. The number of carbonyl (C=O) groups is 2. The van der Waals surface area contributed by atoms with Gasteiger partial charge in [0, 0.05) is 44.2 Å². The first-order valence-corrected chi connectivity index (χ1v) is 11.6. The third kappa shape index (κ3) is 7.22. The Morgan fingerprint density at radius 1 is 1.03 bits per heavy atom. The lowest BCUT2D eigenvalue weighted by molar-refractivity contribution is -0.384. The van der Waals surface area contributed by atoms with Gasteiger partial charge in [-0.15, -0.1) is 0 Å². The van der Waals surface area contributed by atoms with Crippen molar-refractivity contribution in [3.8, 4) is 0 Å². The zero-order valence-corrected chi connectivity index (χ0v) is 18.8. The fourth-order valence-electron chi connectivity index (χ4n) is 4.36. The summed E-state index contributed by atoms with van der Waals surface area (Å²) < 4.78 is 38.4. The molecule has 0 atom stereocenters. The van der Waals surface area contributed by atoms with Gasteiger partial charge >= 0.3 is 12.2 Å². The van der Waals surface area contributed by atoms with Crippen LogP contribution in [0.3, 0.4) is 0 Å². The molecule has 0 spiro atoms. The Hall–Kier alpha value is -3.05. The van der Waals surface area contributed by atoms with E-state index in [0.29, 0.717) is 32.0 Å². The molecule has 1 aliphatic heterocycles. The van der Waals surface area contributed by atoms with E-state index in [1.54, 1.807) is 4.90 Å². The summed E-state index contributed by atoms with van der Waals surface area (Å²) in [7, 11) is 0. The highest BCUT2D eigenvalue weighted by molar-refractivity contribution is 5.77. The number of nitro benzene ring substituents is 1. The molecule has 0 bridgehead atoms. The number of anilines is 1. The molecular formula is C22H30F3N5O4. The molecule has 1 aromatic carbocycles. The van der Waals surface area contributed by atoms with Crippen LogP contribution in [0.25, 0.3) is 0 Å². The van der Waals surface area contributed by atoms with E-state index in [2.05, 4.69) is 16.0 Å². The van der Waals surface area contributed by atoms with E-state index in [4.69, 9.17) is 0 Å². The Morgan fingerprint density at radius 2 is 1.68 bits per heavy atom. The van der Waals surface area contributed by atoms with Crippen LogP contribution < -0.4 is 16.0 Å². The Kier molecular flexibility index (Phi) is 8.56. The first kappa shape index (κ1) is 25.6. The van der Waals surface area contributed by atoms with Crippen LogP contribution in [0, 0.1) is 10.1 Å². The number of halogens is 3. The van der Waals surface area contributed by atoms with Crippen molar-refractivity contribution in [2.45, 2.75) is 69.6 Å². The van der Waals surface area contributed by atoms with Crippen molar-refractivity contribution in [1.82, 2.24) is 15.5 Å². The normalized spacial score (nSPS) is 17.8. The summed E-state index contributed by atoms with van der Waals surface area (Å²) in [5.41, 5.74) is -1.89. The van der Waals surface area contributed by atoms with Gasteiger partial charge in [-0.25, -0.2) is 4.79 Å². The number of urea groups is 1. The Morgan fingerprint density at radius 3 is 2.29 bits per heavy atom. The summed E-state index contributed by atoms with van der Waals surface area (Å²) >= 11 is 0. The zero-order valence-electron chi connectivity index (χ0n) is 18.8. The number of hydrogen-bond donors (Lipinski definition) is 3. The van der Waals surface area contributed by atoms with E-state index in [-0.39, 0.29) is 42.7 Å². The Balaban J connectivity index is 1.40. The van der Waals surface area contributed by atoms with Crippen LogP contribution in [0.15, 0.2) is 18.2 Å². The number of hydrogen-bond acceptors (Lipinski definition) is 5. The lowest BCUT2D eigenvalue weighted by Crippen LogP contribution is -2.51. The molecule has 1 saturated heterocycles. The van der Waals surface area contributed by atoms with E-state index < -0.39 is 22.4 Å². The molecule has 0 radical (unpaired) electrons. The second-order valence-corrected chi connectivity index (χ2v) is 8.78. The molecular weight excluding hydrogens is 455 g/mol. The standard InChI is InChI=1S/C22H30F3N5O4/c23-22(24,25)15-6-7-18(19(14-15)30(33)34)26-11-8-20(31)27-17-9-12-29(13-10-17)21(32)28-16-4-2-1-3-5-16/h6-7,14,16-17,26H,1-5,8-13H2,(H,27,31)(H,28,32). The number of piperidine rings is 1. The number of amides is 3. The summed E-state index contributed by atoms with van der Waals surface area (Å²) in [6.07, 6.45) is 2.09. The van der Waals surface area contributed by atoms with Gasteiger partial charge in [-0.2, -0.15) is 13.2 Å². The molecule has 12 heteroatoms. The minimum atomic E-state index is -4.69. The number of nitrogens with zero attached hydrogens (tertiary/aromatic N) is 2. The van der Waals surface area contributed by atoms with Gasteiger partial charge < -0.3 is 20.9 Å². The molecule has 0 unspecified atom stereocenters. The zero-order chi connectivity index (χ0) is 24.7. The Bertz CT molecular complexity index is 882. The topological polar surface area (TPSA) is 117 Å². The summed E-state index contributed by atoms with van der Waals surface area (Å²) in [5.74, 6) is -0.271. The molecule has 1 aromatic rings. The molecule has 188 valence electrons. The first-order chi connectivity index (χ1) is 16.1. The lowest BCUT2D eigenvalue weighted by Gasteiger charge is -2.34. The number of rotatable bonds is 7. The average molecular weight is 486 g/mol. The van der Waals surface area contributed by atoms with Crippen molar-refractivity contribution in [3.63, 3.8) is 0 Å². The molecule has 3 N–H and O–H groups in total. The van der Waals surface area contributed by atoms with E-state index in [0.717, 1.165) is 37.8 Å². The fourth-order valence-corrected chi connectivity index (χ4v) is 4.36. The van der Waals surface area contributed by atoms with Crippen molar-refractivity contribution in [2.24, 2.45) is 0 Å².